The fourth-order valence-electron chi connectivity index (χ4n) is 2.97. The van der Waals surface area contributed by atoms with Gasteiger partial charge in [-0.15, -0.1) is 0 Å². The lowest BCUT2D eigenvalue weighted by molar-refractivity contribution is -0.115. The second-order valence-corrected chi connectivity index (χ2v) is 6.55. The summed E-state index contributed by atoms with van der Waals surface area (Å²) >= 11 is 6.10. The molecule has 0 bridgehead atoms. The predicted octanol–water partition coefficient (Wildman–Crippen LogP) is 3.99. The summed E-state index contributed by atoms with van der Waals surface area (Å²) in [5, 5.41) is 16.7. The molecule has 2 aromatic carbocycles. The molecule has 0 saturated heterocycles. The van der Waals surface area contributed by atoms with Crippen LogP contribution in [0.1, 0.15) is 27.2 Å². The van der Waals surface area contributed by atoms with Crippen molar-refractivity contribution in [2.45, 2.75) is 20.3 Å². The minimum Gasteiger partial charge on any atom is -0.496 e. The number of halogens is 1. The number of aromatic carboxylic acids is 1. The van der Waals surface area contributed by atoms with Crippen LogP contribution in [-0.2, 0) is 11.2 Å². The lowest BCUT2D eigenvalue weighted by Crippen LogP contribution is -2.15. The first-order valence-corrected chi connectivity index (χ1v) is 8.44. The van der Waals surface area contributed by atoms with E-state index in [1.807, 2.05) is 26.0 Å². The zero-order valence-corrected chi connectivity index (χ0v) is 15.7. The molecule has 0 saturated carbocycles. The maximum Gasteiger partial charge on any atom is 0.339 e. The van der Waals surface area contributed by atoms with E-state index in [0.717, 1.165) is 16.5 Å². The van der Waals surface area contributed by atoms with Crippen LogP contribution in [0.3, 0.4) is 0 Å². The Bertz CT molecular complexity index is 1060. The number of nitrogens with zero attached hydrogens (tertiary/aromatic N) is 1. The van der Waals surface area contributed by atoms with Crippen molar-refractivity contribution in [1.29, 1.82) is 0 Å². The molecule has 0 spiro atoms. The van der Waals surface area contributed by atoms with Gasteiger partial charge in [-0.3, -0.25) is 4.79 Å². The van der Waals surface area contributed by atoms with Gasteiger partial charge in [-0.2, -0.15) is 0 Å². The van der Waals surface area contributed by atoms with Gasteiger partial charge >= 0.3 is 5.97 Å². The number of nitrogens with one attached hydrogen (secondary N) is 1. The van der Waals surface area contributed by atoms with Crippen LogP contribution in [0.5, 0.6) is 5.75 Å². The number of fused-ring (bicyclic) bond motifs is 1. The zero-order valence-electron chi connectivity index (χ0n) is 14.9. The van der Waals surface area contributed by atoms with Gasteiger partial charge in [0.05, 0.1) is 24.2 Å². The molecule has 140 valence electrons. The quantitative estimate of drug-likeness (QED) is 0.685. The van der Waals surface area contributed by atoms with E-state index in [1.165, 1.54) is 19.2 Å². The monoisotopic (exact) mass is 388 g/mol. The number of carbonyl (C=O) groups is 2. The first-order valence-electron chi connectivity index (χ1n) is 8.06. The number of hydrogen-bond donors (Lipinski definition) is 2. The Labute approximate surface area is 159 Å². The number of hydrogen-bond acceptors (Lipinski definition) is 5. The summed E-state index contributed by atoms with van der Waals surface area (Å²) in [5.74, 6) is -1.44. The highest BCUT2D eigenvalue weighted by atomic mass is 35.5. The zero-order chi connectivity index (χ0) is 19.7. The van der Waals surface area contributed by atoms with Crippen LogP contribution >= 0.6 is 11.6 Å². The van der Waals surface area contributed by atoms with Gasteiger partial charge in [0.25, 0.3) is 0 Å². The Hall–Kier alpha value is -3.06. The summed E-state index contributed by atoms with van der Waals surface area (Å²) in [6.07, 6.45) is -0.0176. The smallest absolute Gasteiger partial charge is 0.339 e. The third-order valence-electron chi connectivity index (χ3n) is 4.11. The molecule has 0 aliphatic heterocycles. The number of carbonyl (C=O) groups excluding carboxylic acids is 1. The van der Waals surface area contributed by atoms with Crippen molar-refractivity contribution in [2.75, 3.05) is 12.4 Å². The number of ether oxygens (including phenoxy) is 1. The number of rotatable bonds is 5. The molecule has 7 nitrogen and oxygen atoms in total. The van der Waals surface area contributed by atoms with E-state index in [9.17, 15) is 9.59 Å². The van der Waals surface area contributed by atoms with E-state index in [-0.39, 0.29) is 34.4 Å². The van der Waals surface area contributed by atoms with Gasteiger partial charge in [0, 0.05) is 11.5 Å². The number of aryl methyl sites for hydroxylation is 2. The molecular weight excluding hydrogens is 372 g/mol. The molecule has 0 radical (unpaired) electrons. The van der Waals surface area contributed by atoms with Gasteiger partial charge in [-0.25, -0.2) is 4.79 Å². The minimum absolute atomic E-state index is 0.0176. The SMILES string of the molecule is COc1cc(NC(=O)Cc2noc3cc(C)cc(C)c23)c(Cl)cc1C(=O)O. The van der Waals surface area contributed by atoms with Gasteiger partial charge in [0.2, 0.25) is 5.91 Å². The van der Waals surface area contributed by atoms with Crippen LogP contribution < -0.4 is 10.1 Å². The lowest BCUT2D eigenvalue weighted by Gasteiger charge is -2.11. The molecule has 0 fully saturated rings. The number of amides is 1. The molecule has 3 aromatic rings. The number of aromatic nitrogens is 1. The molecular formula is C19H17ClN2O5. The molecule has 8 heteroatoms. The van der Waals surface area contributed by atoms with Gasteiger partial charge in [0.15, 0.2) is 5.58 Å². The fourth-order valence-corrected chi connectivity index (χ4v) is 3.18. The van der Waals surface area contributed by atoms with Crippen molar-refractivity contribution < 1.29 is 24.0 Å². The van der Waals surface area contributed by atoms with Crippen molar-refractivity contribution >= 4 is 40.1 Å². The van der Waals surface area contributed by atoms with Crippen molar-refractivity contribution in [3.8, 4) is 5.75 Å². The topological polar surface area (TPSA) is 102 Å². The standard InChI is InChI=1S/C19H17ClN2O5/c1-9-4-10(2)18-14(22-27-16(18)5-9)8-17(23)21-13-7-15(26-3)11(19(24)25)6-12(13)20/h4-7H,8H2,1-3H3,(H,21,23)(H,24,25). The summed E-state index contributed by atoms with van der Waals surface area (Å²) in [6.45, 7) is 3.89. The molecule has 1 amide bonds. The highest BCUT2D eigenvalue weighted by Gasteiger charge is 2.18. The van der Waals surface area contributed by atoms with Gasteiger partial charge < -0.3 is 19.7 Å². The minimum atomic E-state index is -1.17. The molecule has 0 atom stereocenters. The summed E-state index contributed by atoms with van der Waals surface area (Å²) in [5.41, 5.74) is 3.33. The average Bonchev–Trinajstić information content (AvgIpc) is 2.98. The summed E-state index contributed by atoms with van der Waals surface area (Å²) in [6, 6.07) is 6.46. The van der Waals surface area contributed by atoms with Crippen molar-refractivity contribution in [3.63, 3.8) is 0 Å². The second-order valence-electron chi connectivity index (χ2n) is 6.15. The predicted molar refractivity (Wildman–Crippen MR) is 101 cm³/mol. The van der Waals surface area contributed by atoms with E-state index in [1.54, 1.807) is 0 Å². The molecule has 0 aliphatic carbocycles. The van der Waals surface area contributed by atoms with Crippen molar-refractivity contribution in [1.82, 2.24) is 5.16 Å². The Morgan fingerprint density at radius 3 is 2.67 bits per heavy atom. The molecule has 3 rings (SSSR count). The Morgan fingerprint density at radius 1 is 1.26 bits per heavy atom. The number of methoxy groups -OCH3 is 1. The Kier molecular flexibility index (Phi) is 5.05. The van der Waals surface area contributed by atoms with Crippen molar-refractivity contribution in [3.05, 3.63) is 51.7 Å². The highest BCUT2D eigenvalue weighted by molar-refractivity contribution is 6.34. The molecule has 27 heavy (non-hydrogen) atoms. The van der Waals surface area contributed by atoms with Crippen LogP contribution in [-0.4, -0.2) is 29.2 Å². The maximum atomic E-state index is 12.5. The fraction of sp³-hybridized carbons (Fsp3) is 0.211. The Morgan fingerprint density at radius 2 is 2.00 bits per heavy atom. The molecule has 0 unspecified atom stereocenters. The summed E-state index contributed by atoms with van der Waals surface area (Å²) in [4.78, 5) is 23.7. The average molecular weight is 389 g/mol. The molecule has 1 heterocycles. The van der Waals surface area contributed by atoms with Crippen LogP contribution in [0, 0.1) is 13.8 Å². The summed E-state index contributed by atoms with van der Waals surface area (Å²) < 4.78 is 10.4. The molecule has 0 aliphatic rings. The number of carboxylic acids is 1. The highest BCUT2D eigenvalue weighted by Crippen LogP contribution is 2.31. The van der Waals surface area contributed by atoms with Gasteiger partial charge in [-0.05, 0) is 37.1 Å². The van der Waals surface area contributed by atoms with Crippen molar-refractivity contribution in [2.24, 2.45) is 0 Å². The van der Waals surface area contributed by atoms with E-state index in [2.05, 4.69) is 10.5 Å². The number of benzene rings is 2. The molecule has 2 N–H and O–H groups in total. The van der Waals surface area contributed by atoms with E-state index < -0.39 is 5.97 Å². The van der Waals surface area contributed by atoms with E-state index in [4.69, 9.17) is 26.0 Å². The van der Waals surface area contributed by atoms with Gasteiger partial charge in [0.1, 0.15) is 17.0 Å². The largest absolute Gasteiger partial charge is 0.496 e. The summed E-state index contributed by atoms with van der Waals surface area (Å²) in [7, 11) is 1.34. The van der Waals surface area contributed by atoms with E-state index >= 15 is 0 Å². The van der Waals surface area contributed by atoms with Gasteiger partial charge in [-0.1, -0.05) is 22.8 Å². The normalized spacial score (nSPS) is 10.8. The second kappa shape index (κ2) is 7.28. The number of carboxylic acid groups (broad SMARTS) is 1. The first kappa shape index (κ1) is 18.7. The van der Waals surface area contributed by atoms with E-state index in [0.29, 0.717) is 11.3 Å². The number of anilines is 1. The van der Waals surface area contributed by atoms with Crippen LogP contribution in [0.15, 0.2) is 28.8 Å². The Balaban J connectivity index is 1.86. The third-order valence-corrected chi connectivity index (χ3v) is 4.42. The maximum absolute atomic E-state index is 12.5. The van der Waals surface area contributed by atoms with Crippen LogP contribution in [0.2, 0.25) is 5.02 Å². The third kappa shape index (κ3) is 3.73. The van der Waals surface area contributed by atoms with Crippen LogP contribution in [0.4, 0.5) is 5.69 Å². The first-order chi connectivity index (χ1) is 12.8. The lowest BCUT2D eigenvalue weighted by atomic mass is 10.0. The van der Waals surface area contributed by atoms with Crippen LogP contribution in [0.25, 0.3) is 11.0 Å². The molecule has 1 aromatic heterocycles.